The number of rotatable bonds is 7. The number of sulfonamides is 1. The van der Waals surface area contributed by atoms with E-state index in [4.69, 9.17) is 9.05 Å². The second kappa shape index (κ2) is 7.36. The zero-order valence-corrected chi connectivity index (χ0v) is 19.7. The fourth-order valence-electron chi connectivity index (χ4n) is 5.67. The minimum atomic E-state index is -4.88. The van der Waals surface area contributed by atoms with Crippen molar-refractivity contribution in [2.75, 3.05) is 19.0 Å². The van der Waals surface area contributed by atoms with Gasteiger partial charge in [0.1, 0.15) is 0 Å². The van der Waals surface area contributed by atoms with Gasteiger partial charge < -0.3 is 9.05 Å². The number of fused-ring (bicyclic) bond motifs is 1. The summed E-state index contributed by atoms with van der Waals surface area (Å²) in [5, 5.41) is 0. The SMILES string of the molecule is CCOP(=O)(OCC)C(F)(F)/C(C)=C/C(=O)N1[C@@H]2C[C@@H]3CC[C@@]2(CS1(=O)=O)C3(C)C. The van der Waals surface area contributed by atoms with E-state index in [1.807, 2.05) is 13.8 Å². The van der Waals surface area contributed by atoms with Gasteiger partial charge in [0.25, 0.3) is 5.91 Å². The van der Waals surface area contributed by atoms with E-state index in [2.05, 4.69) is 0 Å². The molecule has 1 amide bonds. The van der Waals surface area contributed by atoms with Crippen LogP contribution >= 0.6 is 7.60 Å². The summed E-state index contributed by atoms with van der Waals surface area (Å²) in [5.41, 5.74) is -5.72. The van der Waals surface area contributed by atoms with Crippen LogP contribution < -0.4 is 0 Å². The monoisotopic (exact) mass is 469 g/mol. The maximum Gasteiger partial charge on any atom is 0.404 e. The van der Waals surface area contributed by atoms with Gasteiger partial charge in [-0.15, -0.1) is 0 Å². The summed E-state index contributed by atoms with van der Waals surface area (Å²) in [6, 6.07) is -0.535. The molecule has 0 aromatic carbocycles. The van der Waals surface area contributed by atoms with Crippen LogP contribution in [0.15, 0.2) is 11.6 Å². The van der Waals surface area contributed by atoms with Gasteiger partial charge >= 0.3 is 13.3 Å². The molecule has 2 saturated carbocycles. The minimum Gasteiger partial charge on any atom is -0.304 e. The molecule has 1 aliphatic heterocycles. The molecule has 1 heterocycles. The molecule has 3 atom stereocenters. The number of carbonyl (C=O) groups excluding carboxylic acids is 1. The Balaban J connectivity index is 1.95. The molecule has 1 spiro atoms. The lowest BCUT2D eigenvalue weighted by Gasteiger charge is -2.37. The summed E-state index contributed by atoms with van der Waals surface area (Å²) >= 11 is 0. The molecule has 3 rings (SSSR count). The first kappa shape index (κ1) is 23.8. The second-order valence-electron chi connectivity index (χ2n) is 8.96. The lowest BCUT2D eigenvalue weighted by Crippen LogP contribution is -2.43. The van der Waals surface area contributed by atoms with Crippen LogP contribution in [-0.2, 0) is 28.4 Å². The summed E-state index contributed by atoms with van der Waals surface area (Å²) in [4.78, 5) is 13.0. The Morgan fingerprint density at radius 1 is 1.27 bits per heavy atom. The van der Waals surface area contributed by atoms with Crippen LogP contribution in [0.5, 0.6) is 0 Å². The molecule has 0 radical (unpaired) electrons. The maximum atomic E-state index is 14.9. The number of alkyl halides is 2. The highest BCUT2D eigenvalue weighted by atomic mass is 32.2. The Morgan fingerprint density at radius 3 is 2.33 bits per heavy atom. The average molecular weight is 469 g/mol. The smallest absolute Gasteiger partial charge is 0.304 e. The van der Waals surface area contributed by atoms with Gasteiger partial charge in [-0.05, 0) is 51.4 Å². The van der Waals surface area contributed by atoms with Crippen molar-refractivity contribution in [1.82, 2.24) is 4.31 Å². The fourth-order valence-corrected chi connectivity index (χ4v) is 9.75. The van der Waals surface area contributed by atoms with Crippen molar-refractivity contribution in [3.63, 3.8) is 0 Å². The highest BCUT2D eigenvalue weighted by molar-refractivity contribution is 7.90. The lowest BCUT2D eigenvalue weighted by molar-refractivity contribution is -0.124. The molecule has 0 unspecified atom stereocenters. The summed E-state index contributed by atoms with van der Waals surface area (Å²) in [7, 11) is -8.82. The Kier molecular flexibility index (Phi) is 5.84. The fraction of sp³-hybridized carbons (Fsp3) is 0.842. The van der Waals surface area contributed by atoms with Crippen molar-refractivity contribution in [3.8, 4) is 0 Å². The third-order valence-electron chi connectivity index (χ3n) is 7.38. The predicted octanol–water partition coefficient (Wildman–Crippen LogP) is 4.16. The number of amides is 1. The van der Waals surface area contributed by atoms with Crippen LogP contribution in [0.1, 0.15) is 53.9 Å². The zero-order valence-electron chi connectivity index (χ0n) is 18.0. The zero-order chi connectivity index (χ0) is 22.8. The topological polar surface area (TPSA) is 90.0 Å². The average Bonchev–Trinajstić information content (AvgIpc) is 3.09. The number of hydrogen-bond acceptors (Lipinski definition) is 6. The van der Waals surface area contributed by atoms with Crippen molar-refractivity contribution in [2.45, 2.75) is 65.6 Å². The van der Waals surface area contributed by atoms with Crippen LogP contribution in [0.4, 0.5) is 8.78 Å². The minimum absolute atomic E-state index is 0.153. The molecule has 30 heavy (non-hydrogen) atoms. The number of carbonyl (C=O) groups is 1. The van der Waals surface area contributed by atoms with Gasteiger partial charge in [0.05, 0.1) is 25.0 Å². The molecule has 3 fully saturated rings. The molecule has 7 nitrogen and oxygen atoms in total. The summed E-state index contributed by atoms with van der Waals surface area (Å²) < 4.78 is 78.5. The second-order valence-corrected chi connectivity index (χ2v) is 12.9. The van der Waals surface area contributed by atoms with Crippen molar-refractivity contribution in [1.29, 1.82) is 0 Å². The van der Waals surface area contributed by atoms with Crippen LogP contribution in [0, 0.1) is 16.7 Å². The van der Waals surface area contributed by atoms with E-state index < -0.39 is 46.2 Å². The Morgan fingerprint density at radius 2 is 1.83 bits per heavy atom. The molecule has 2 aliphatic carbocycles. The molecule has 0 aromatic heterocycles. The van der Waals surface area contributed by atoms with E-state index in [9.17, 15) is 26.6 Å². The van der Waals surface area contributed by atoms with Crippen molar-refractivity contribution in [3.05, 3.63) is 11.6 Å². The molecular weight excluding hydrogens is 439 g/mol. The molecule has 2 bridgehead atoms. The molecule has 11 heteroatoms. The molecule has 0 N–H and O–H groups in total. The van der Waals surface area contributed by atoms with Crippen LogP contribution in [0.3, 0.4) is 0 Å². The third kappa shape index (κ3) is 3.12. The standard InChI is InChI=1S/C19H30F2NO6PS/c1-6-27-29(24,28-7-2)19(20,21)13(3)10-16(23)22-15-11-14-8-9-18(15,17(14,4)5)12-30(22,25)26/h10,14-15H,6-9,11-12H2,1-5H3/b13-10+/t14-,15+,18-/m0/s1. The van der Waals surface area contributed by atoms with Crippen molar-refractivity contribution < 1.29 is 35.6 Å². The lowest BCUT2D eigenvalue weighted by atomic mass is 9.69. The first-order valence-electron chi connectivity index (χ1n) is 10.2. The van der Waals surface area contributed by atoms with Gasteiger partial charge in [0, 0.05) is 17.1 Å². The van der Waals surface area contributed by atoms with Crippen LogP contribution in [0.2, 0.25) is 0 Å². The van der Waals surface area contributed by atoms with Gasteiger partial charge in [0.2, 0.25) is 10.0 Å². The molecule has 0 aromatic rings. The van der Waals surface area contributed by atoms with Gasteiger partial charge in [-0.3, -0.25) is 9.36 Å². The largest absolute Gasteiger partial charge is 0.404 e. The van der Waals surface area contributed by atoms with Crippen LogP contribution in [0.25, 0.3) is 0 Å². The van der Waals surface area contributed by atoms with Gasteiger partial charge in [-0.1, -0.05) is 13.8 Å². The number of halogens is 2. The van der Waals surface area contributed by atoms with E-state index in [-0.39, 0.29) is 30.3 Å². The Labute approximate surface area is 176 Å². The van der Waals surface area contributed by atoms with E-state index >= 15 is 0 Å². The van der Waals surface area contributed by atoms with Crippen molar-refractivity contribution in [2.24, 2.45) is 16.7 Å². The van der Waals surface area contributed by atoms with E-state index in [0.29, 0.717) is 18.9 Å². The summed E-state index contributed by atoms with van der Waals surface area (Å²) in [6.07, 6.45) is 2.71. The highest BCUT2D eigenvalue weighted by Crippen LogP contribution is 2.70. The molecule has 172 valence electrons. The molecular formula is C19H30F2NO6PS. The highest BCUT2D eigenvalue weighted by Gasteiger charge is 2.72. The number of hydrogen-bond donors (Lipinski definition) is 0. The Bertz CT molecular complexity index is 908. The van der Waals surface area contributed by atoms with Gasteiger partial charge in [0.15, 0.2) is 0 Å². The number of nitrogens with zero attached hydrogens (tertiary/aromatic N) is 1. The first-order valence-corrected chi connectivity index (χ1v) is 13.4. The molecule has 3 aliphatic rings. The van der Waals surface area contributed by atoms with Gasteiger partial charge in [-0.25, -0.2) is 12.7 Å². The summed E-state index contributed by atoms with van der Waals surface area (Å²) in [6.45, 7) is 7.27. The quantitative estimate of drug-likeness (QED) is 0.411. The normalized spacial score (nSPS) is 32.5. The molecule has 1 saturated heterocycles. The van der Waals surface area contributed by atoms with Crippen molar-refractivity contribution >= 4 is 23.5 Å². The van der Waals surface area contributed by atoms with E-state index in [1.54, 1.807) is 0 Å². The Hall–Kier alpha value is -0.830. The first-order chi connectivity index (χ1) is 13.7. The van der Waals surface area contributed by atoms with Gasteiger partial charge in [-0.2, -0.15) is 8.78 Å². The predicted molar refractivity (Wildman–Crippen MR) is 108 cm³/mol. The maximum absolute atomic E-state index is 14.9. The third-order valence-corrected chi connectivity index (χ3v) is 11.5. The van der Waals surface area contributed by atoms with E-state index in [0.717, 1.165) is 17.6 Å². The number of allylic oxidation sites excluding steroid dienone is 1. The van der Waals surface area contributed by atoms with E-state index in [1.165, 1.54) is 13.8 Å². The van der Waals surface area contributed by atoms with Crippen LogP contribution in [-0.4, -0.2) is 49.3 Å². The summed E-state index contributed by atoms with van der Waals surface area (Å²) in [5.74, 6) is -0.896.